The second-order valence-corrected chi connectivity index (χ2v) is 15.4. The summed E-state index contributed by atoms with van der Waals surface area (Å²) in [4.78, 5) is 10.4. The zero-order valence-corrected chi connectivity index (χ0v) is 32.6. The van der Waals surface area contributed by atoms with Gasteiger partial charge in [0.05, 0.1) is 33.5 Å². The van der Waals surface area contributed by atoms with E-state index in [0.717, 1.165) is 61.3 Å². The van der Waals surface area contributed by atoms with Crippen LogP contribution in [0.15, 0.2) is 218 Å². The first-order valence-corrected chi connectivity index (χ1v) is 20.4. The average molecular weight is 765 g/mol. The molecular weight excluding hydrogens is 729 g/mol. The van der Waals surface area contributed by atoms with Crippen molar-refractivity contribution in [2.24, 2.45) is 0 Å². The van der Waals surface area contributed by atoms with Crippen molar-refractivity contribution in [2.75, 3.05) is 0 Å². The van der Waals surface area contributed by atoms with Gasteiger partial charge >= 0.3 is 0 Å². The molecule has 0 aliphatic rings. The first-order valence-electron chi connectivity index (χ1n) is 20.4. The number of benzene rings is 9. The molecule has 12 aromatic rings. The molecule has 3 heterocycles. The highest BCUT2D eigenvalue weighted by Crippen LogP contribution is 2.43. The zero-order valence-electron chi connectivity index (χ0n) is 32.6. The predicted octanol–water partition coefficient (Wildman–Crippen LogP) is 14.5. The number of nitrogens with zero attached hydrogens (tertiary/aromatic N) is 4. The van der Waals surface area contributed by atoms with Gasteiger partial charge in [0.2, 0.25) is 0 Å². The van der Waals surface area contributed by atoms with Crippen LogP contribution in [0.2, 0.25) is 0 Å². The van der Waals surface area contributed by atoms with E-state index in [9.17, 15) is 0 Å². The van der Waals surface area contributed by atoms with Gasteiger partial charge in [0.15, 0.2) is 5.82 Å². The molecule has 60 heavy (non-hydrogen) atoms. The van der Waals surface area contributed by atoms with E-state index in [2.05, 4.69) is 203 Å². The van der Waals surface area contributed by atoms with Crippen LogP contribution in [0.25, 0.3) is 111 Å². The van der Waals surface area contributed by atoms with Gasteiger partial charge in [-0.05, 0) is 70.4 Å². The Labute approximate surface area is 346 Å². The standard InChI is InChI=1S/C56H36N4/c1-4-17-37(18-5-1)40-24-16-25-42(33-40)60-51-29-14-12-27-45(51)46-31-32-53-54(55(46)60)47-28-13-15-30-52(47)59(53)43-34-41-23-10-11-26-44(41)48(35-43)50-36-49(38-19-6-2-7-20-38)57-56(58-50)39-21-8-3-9-22-39/h1-36H. The molecule has 3 aromatic heterocycles. The van der Waals surface area contributed by atoms with Crippen molar-refractivity contribution < 1.29 is 0 Å². The van der Waals surface area contributed by atoms with E-state index < -0.39 is 0 Å². The van der Waals surface area contributed by atoms with Crippen LogP contribution < -0.4 is 0 Å². The fourth-order valence-corrected chi connectivity index (χ4v) is 9.20. The Morgan fingerprint density at radius 2 is 0.917 bits per heavy atom. The van der Waals surface area contributed by atoms with E-state index in [1.54, 1.807) is 0 Å². The third kappa shape index (κ3) is 5.46. The number of para-hydroxylation sites is 2. The molecule has 4 heteroatoms. The molecule has 0 saturated heterocycles. The monoisotopic (exact) mass is 764 g/mol. The molecule has 4 nitrogen and oxygen atoms in total. The minimum absolute atomic E-state index is 0.699. The van der Waals surface area contributed by atoms with Gasteiger partial charge in [0, 0.05) is 49.6 Å². The summed E-state index contributed by atoms with van der Waals surface area (Å²) >= 11 is 0. The van der Waals surface area contributed by atoms with Crippen molar-refractivity contribution in [3.8, 4) is 56.4 Å². The second kappa shape index (κ2) is 13.8. The van der Waals surface area contributed by atoms with E-state index in [-0.39, 0.29) is 0 Å². The molecule has 280 valence electrons. The van der Waals surface area contributed by atoms with E-state index in [1.165, 1.54) is 43.7 Å². The molecule has 0 spiro atoms. The Morgan fingerprint density at radius 3 is 1.68 bits per heavy atom. The lowest BCUT2D eigenvalue weighted by atomic mass is 9.99. The summed E-state index contributed by atoms with van der Waals surface area (Å²) in [7, 11) is 0. The molecule has 0 fully saturated rings. The third-order valence-electron chi connectivity index (χ3n) is 11.9. The predicted molar refractivity (Wildman–Crippen MR) is 250 cm³/mol. The minimum Gasteiger partial charge on any atom is -0.309 e. The Balaban J connectivity index is 1.15. The lowest BCUT2D eigenvalue weighted by Crippen LogP contribution is -1.99. The van der Waals surface area contributed by atoms with Gasteiger partial charge in [-0.3, -0.25) is 0 Å². The summed E-state index contributed by atoms with van der Waals surface area (Å²) in [5.41, 5.74) is 14.1. The van der Waals surface area contributed by atoms with Gasteiger partial charge in [-0.15, -0.1) is 0 Å². The smallest absolute Gasteiger partial charge is 0.160 e. The van der Waals surface area contributed by atoms with Crippen LogP contribution in [0.3, 0.4) is 0 Å². The van der Waals surface area contributed by atoms with Gasteiger partial charge in [0.1, 0.15) is 0 Å². The van der Waals surface area contributed by atoms with Crippen molar-refractivity contribution in [1.82, 2.24) is 19.1 Å². The normalized spacial score (nSPS) is 11.7. The molecule has 0 atom stereocenters. The number of hydrogen-bond donors (Lipinski definition) is 0. The van der Waals surface area contributed by atoms with Gasteiger partial charge in [-0.2, -0.15) is 0 Å². The molecule has 0 bridgehead atoms. The van der Waals surface area contributed by atoms with Crippen LogP contribution in [0.1, 0.15) is 0 Å². The van der Waals surface area contributed by atoms with Gasteiger partial charge in [-0.1, -0.05) is 170 Å². The maximum Gasteiger partial charge on any atom is 0.160 e. The first-order chi connectivity index (χ1) is 29.8. The maximum atomic E-state index is 5.31. The van der Waals surface area contributed by atoms with E-state index in [4.69, 9.17) is 9.97 Å². The fourth-order valence-electron chi connectivity index (χ4n) is 9.20. The molecule has 0 aliphatic heterocycles. The second-order valence-electron chi connectivity index (χ2n) is 15.4. The molecule has 0 radical (unpaired) electrons. The zero-order chi connectivity index (χ0) is 39.6. The Bertz CT molecular complexity index is 3530. The SMILES string of the molecule is c1ccc(-c2cccc(-n3c4ccccc4c4ccc5c(c6ccccc6n5-c5cc(-c6cc(-c7ccccc7)nc(-c7ccccc7)n6)c6ccccc6c5)c43)c2)cc1. The van der Waals surface area contributed by atoms with Gasteiger partial charge in [0.25, 0.3) is 0 Å². The molecule has 9 aromatic carbocycles. The minimum atomic E-state index is 0.699. The van der Waals surface area contributed by atoms with Crippen molar-refractivity contribution in [2.45, 2.75) is 0 Å². The number of rotatable bonds is 6. The van der Waals surface area contributed by atoms with E-state index in [1.807, 2.05) is 24.3 Å². The molecule has 0 aliphatic carbocycles. The molecule has 0 unspecified atom stereocenters. The van der Waals surface area contributed by atoms with E-state index in [0.29, 0.717) is 5.82 Å². The number of fused-ring (bicyclic) bond motifs is 8. The van der Waals surface area contributed by atoms with Crippen molar-refractivity contribution in [3.05, 3.63) is 218 Å². The summed E-state index contributed by atoms with van der Waals surface area (Å²) in [6.45, 7) is 0. The van der Waals surface area contributed by atoms with Crippen molar-refractivity contribution in [1.29, 1.82) is 0 Å². The third-order valence-corrected chi connectivity index (χ3v) is 11.9. The first kappa shape index (κ1) is 34.0. The van der Waals surface area contributed by atoms with Crippen LogP contribution in [-0.2, 0) is 0 Å². The summed E-state index contributed by atoms with van der Waals surface area (Å²) in [5, 5.41) is 7.17. The lowest BCUT2D eigenvalue weighted by molar-refractivity contribution is 1.17. The summed E-state index contributed by atoms with van der Waals surface area (Å²) in [6, 6.07) is 78.0. The average Bonchev–Trinajstić information content (AvgIpc) is 3.85. The molecular formula is C56H36N4. The van der Waals surface area contributed by atoms with Crippen LogP contribution in [0, 0.1) is 0 Å². The van der Waals surface area contributed by atoms with Gasteiger partial charge in [-0.25, -0.2) is 9.97 Å². The number of aromatic nitrogens is 4. The number of hydrogen-bond acceptors (Lipinski definition) is 2. The maximum absolute atomic E-state index is 5.31. The molecule has 0 saturated carbocycles. The van der Waals surface area contributed by atoms with Crippen LogP contribution >= 0.6 is 0 Å². The molecule has 0 N–H and O–H groups in total. The Hall–Kier alpha value is -8.08. The topological polar surface area (TPSA) is 35.6 Å². The summed E-state index contributed by atoms with van der Waals surface area (Å²) in [6.07, 6.45) is 0. The van der Waals surface area contributed by atoms with Crippen LogP contribution in [0.4, 0.5) is 0 Å². The van der Waals surface area contributed by atoms with Crippen molar-refractivity contribution >= 4 is 54.4 Å². The quantitative estimate of drug-likeness (QED) is 0.169. The highest BCUT2D eigenvalue weighted by Gasteiger charge is 2.22. The molecule has 12 rings (SSSR count). The van der Waals surface area contributed by atoms with Crippen LogP contribution in [-0.4, -0.2) is 19.1 Å². The molecule has 0 amide bonds. The largest absolute Gasteiger partial charge is 0.309 e. The van der Waals surface area contributed by atoms with Gasteiger partial charge < -0.3 is 9.13 Å². The highest BCUT2D eigenvalue weighted by molar-refractivity contribution is 6.26. The van der Waals surface area contributed by atoms with E-state index >= 15 is 0 Å². The van der Waals surface area contributed by atoms with Crippen molar-refractivity contribution in [3.63, 3.8) is 0 Å². The Kier molecular flexibility index (Phi) is 7.82. The van der Waals surface area contributed by atoms with Crippen LogP contribution in [0.5, 0.6) is 0 Å². The summed E-state index contributed by atoms with van der Waals surface area (Å²) < 4.78 is 4.92. The highest BCUT2D eigenvalue weighted by atomic mass is 15.0. The fraction of sp³-hybridized carbons (Fsp3) is 0. The summed E-state index contributed by atoms with van der Waals surface area (Å²) in [5.74, 6) is 0.699. The Morgan fingerprint density at radius 1 is 0.317 bits per heavy atom. The lowest BCUT2D eigenvalue weighted by Gasteiger charge is -2.15.